The monoisotopic (exact) mass is 266 g/mol. The van der Waals surface area contributed by atoms with Gasteiger partial charge in [-0.15, -0.1) is 0 Å². The van der Waals surface area contributed by atoms with Crippen LogP contribution in [0.25, 0.3) is 10.9 Å². The van der Waals surface area contributed by atoms with Crippen LogP contribution in [0.1, 0.15) is 11.1 Å². The standard InChI is InChI=1S/C17H18N2O/c1-20-15-6-4-5-13(9-15)11-19-12-14(10-18)16-7-2-3-8-17(16)19/h2-9,12H,10-11,18H2,1H3. The number of ether oxygens (including phenoxy) is 1. The van der Waals surface area contributed by atoms with Crippen molar-refractivity contribution >= 4 is 10.9 Å². The quantitative estimate of drug-likeness (QED) is 0.788. The number of hydrogen-bond acceptors (Lipinski definition) is 2. The summed E-state index contributed by atoms with van der Waals surface area (Å²) >= 11 is 0. The van der Waals surface area contributed by atoms with Gasteiger partial charge in [0.05, 0.1) is 7.11 Å². The molecule has 0 atom stereocenters. The van der Waals surface area contributed by atoms with Crippen molar-refractivity contribution in [3.63, 3.8) is 0 Å². The number of methoxy groups -OCH3 is 1. The molecular weight excluding hydrogens is 248 g/mol. The summed E-state index contributed by atoms with van der Waals surface area (Å²) in [6.45, 7) is 1.38. The van der Waals surface area contributed by atoms with E-state index in [2.05, 4.69) is 47.2 Å². The molecule has 0 fully saturated rings. The number of nitrogens with two attached hydrogens (primary N) is 1. The third kappa shape index (κ3) is 2.28. The van der Waals surface area contributed by atoms with Crippen LogP contribution in [-0.4, -0.2) is 11.7 Å². The molecule has 0 saturated heterocycles. The van der Waals surface area contributed by atoms with E-state index in [1.165, 1.54) is 22.0 Å². The minimum absolute atomic E-state index is 0.561. The molecule has 102 valence electrons. The second-order valence-electron chi connectivity index (χ2n) is 4.86. The van der Waals surface area contributed by atoms with Gasteiger partial charge in [-0.25, -0.2) is 0 Å². The molecule has 3 aromatic rings. The molecule has 0 aliphatic carbocycles. The van der Waals surface area contributed by atoms with Gasteiger partial charge in [0.2, 0.25) is 0 Å². The van der Waals surface area contributed by atoms with Crippen LogP contribution in [0, 0.1) is 0 Å². The van der Waals surface area contributed by atoms with E-state index in [1.54, 1.807) is 7.11 Å². The smallest absolute Gasteiger partial charge is 0.119 e. The van der Waals surface area contributed by atoms with Gasteiger partial charge in [-0.2, -0.15) is 0 Å². The van der Waals surface area contributed by atoms with E-state index < -0.39 is 0 Å². The third-order valence-corrected chi connectivity index (χ3v) is 3.58. The van der Waals surface area contributed by atoms with Crippen molar-refractivity contribution in [3.05, 3.63) is 65.9 Å². The normalized spacial score (nSPS) is 10.9. The van der Waals surface area contributed by atoms with E-state index in [4.69, 9.17) is 10.5 Å². The molecule has 0 amide bonds. The van der Waals surface area contributed by atoms with Crippen LogP contribution in [0.15, 0.2) is 54.7 Å². The molecule has 0 bridgehead atoms. The van der Waals surface area contributed by atoms with Crippen molar-refractivity contribution in [2.45, 2.75) is 13.1 Å². The highest BCUT2D eigenvalue weighted by atomic mass is 16.5. The Morgan fingerprint density at radius 3 is 2.75 bits per heavy atom. The van der Waals surface area contributed by atoms with E-state index in [0.29, 0.717) is 6.54 Å². The second-order valence-corrected chi connectivity index (χ2v) is 4.86. The summed E-state index contributed by atoms with van der Waals surface area (Å²) < 4.78 is 7.52. The van der Waals surface area contributed by atoms with E-state index >= 15 is 0 Å². The summed E-state index contributed by atoms with van der Waals surface area (Å²) in [5, 5.41) is 1.23. The minimum atomic E-state index is 0.561. The maximum absolute atomic E-state index is 5.83. The molecule has 3 heteroatoms. The molecule has 20 heavy (non-hydrogen) atoms. The van der Waals surface area contributed by atoms with Gasteiger partial charge < -0.3 is 15.0 Å². The summed E-state index contributed by atoms with van der Waals surface area (Å²) in [5.41, 5.74) is 9.45. The van der Waals surface area contributed by atoms with Crippen molar-refractivity contribution in [1.29, 1.82) is 0 Å². The van der Waals surface area contributed by atoms with Crippen molar-refractivity contribution in [2.24, 2.45) is 5.73 Å². The Kier molecular flexibility index (Phi) is 3.44. The van der Waals surface area contributed by atoms with Gasteiger partial charge in [-0.1, -0.05) is 30.3 Å². The van der Waals surface area contributed by atoms with Crippen LogP contribution in [0.5, 0.6) is 5.75 Å². The first-order chi connectivity index (χ1) is 9.81. The number of benzene rings is 2. The maximum Gasteiger partial charge on any atom is 0.119 e. The summed E-state index contributed by atoms with van der Waals surface area (Å²) in [5.74, 6) is 0.887. The lowest BCUT2D eigenvalue weighted by Gasteiger charge is -2.07. The SMILES string of the molecule is COc1cccc(Cn2cc(CN)c3ccccc32)c1. The van der Waals surface area contributed by atoms with Crippen molar-refractivity contribution < 1.29 is 4.74 Å². The van der Waals surface area contributed by atoms with Gasteiger partial charge in [0.25, 0.3) is 0 Å². The molecule has 0 aliphatic rings. The number of nitrogens with zero attached hydrogens (tertiary/aromatic N) is 1. The fraction of sp³-hybridized carbons (Fsp3) is 0.176. The second kappa shape index (κ2) is 5.39. The fourth-order valence-electron chi connectivity index (χ4n) is 2.58. The van der Waals surface area contributed by atoms with Crippen molar-refractivity contribution in [3.8, 4) is 5.75 Å². The fourth-order valence-corrected chi connectivity index (χ4v) is 2.58. The Labute approximate surface area is 118 Å². The van der Waals surface area contributed by atoms with Crippen LogP contribution in [0.3, 0.4) is 0 Å². The maximum atomic E-state index is 5.83. The third-order valence-electron chi connectivity index (χ3n) is 3.58. The largest absolute Gasteiger partial charge is 0.497 e. The van der Waals surface area contributed by atoms with E-state index in [1.807, 2.05) is 12.1 Å². The van der Waals surface area contributed by atoms with Crippen molar-refractivity contribution in [1.82, 2.24) is 4.57 Å². The molecule has 1 heterocycles. The lowest BCUT2D eigenvalue weighted by Crippen LogP contribution is -1.99. The molecule has 1 aromatic heterocycles. The van der Waals surface area contributed by atoms with Gasteiger partial charge in [0.15, 0.2) is 0 Å². The van der Waals surface area contributed by atoms with Gasteiger partial charge in [-0.05, 0) is 29.3 Å². The number of aromatic nitrogens is 1. The van der Waals surface area contributed by atoms with Crippen LogP contribution in [0.2, 0.25) is 0 Å². The minimum Gasteiger partial charge on any atom is -0.497 e. The molecule has 0 spiro atoms. The highest BCUT2D eigenvalue weighted by Crippen LogP contribution is 2.23. The predicted molar refractivity (Wildman–Crippen MR) is 81.9 cm³/mol. The molecule has 0 unspecified atom stereocenters. The average molecular weight is 266 g/mol. The molecule has 0 radical (unpaired) electrons. The first-order valence-electron chi connectivity index (χ1n) is 6.71. The summed E-state index contributed by atoms with van der Waals surface area (Å²) in [6, 6.07) is 16.5. The topological polar surface area (TPSA) is 40.2 Å². The van der Waals surface area contributed by atoms with Crippen LogP contribution >= 0.6 is 0 Å². The number of rotatable bonds is 4. The zero-order chi connectivity index (χ0) is 13.9. The van der Waals surface area contributed by atoms with Crippen LogP contribution in [0.4, 0.5) is 0 Å². The molecule has 0 saturated carbocycles. The Balaban J connectivity index is 2.02. The van der Waals surface area contributed by atoms with Gasteiger partial charge >= 0.3 is 0 Å². The van der Waals surface area contributed by atoms with Crippen LogP contribution in [-0.2, 0) is 13.1 Å². The Morgan fingerprint density at radius 2 is 1.95 bits per heavy atom. The van der Waals surface area contributed by atoms with Crippen molar-refractivity contribution in [2.75, 3.05) is 7.11 Å². The molecule has 2 N–H and O–H groups in total. The van der Waals surface area contributed by atoms with Crippen LogP contribution < -0.4 is 10.5 Å². The molecule has 3 rings (SSSR count). The van der Waals surface area contributed by atoms with E-state index in [9.17, 15) is 0 Å². The lowest BCUT2D eigenvalue weighted by atomic mass is 10.2. The lowest BCUT2D eigenvalue weighted by molar-refractivity contribution is 0.414. The average Bonchev–Trinajstić information content (AvgIpc) is 2.86. The summed E-state index contributed by atoms with van der Waals surface area (Å²) in [6.07, 6.45) is 2.14. The molecule has 2 aromatic carbocycles. The Bertz CT molecular complexity index is 731. The summed E-state index contributed by atoms with van der Waals surface area (Å²) in [4.78, 5) is 0. The number of fused-ring (bicyclic) bond motifs is 1. The van der Waals surface area contributed by atoms with Gasteiger partial charge in [0.1, 0.15) is 5.75 Å². The summed E-state index contributed by atoms with van der Waals surface area (Å²) in [7, 11) is 1.69. The highest BCUT2D eigenvalue weighted by Gasteiger charge is 2.07. The molecular formula is C17H18N2O. The van der Waals surface area contributed by atoms with Gasteiger partial charge in [-0.3, -0.25) is 0 Å². The number of hydrogen-bond donors (Lipinski definition) is 1. The zero-order valence-corrected chi connectivity index (χ0v) is 11.5. The Morgan fingerprint density at radius 1 is 1.10 bits per heavy atom. The predicted octanol–water partition coefficient (Wildman–Crippen LogP) is 3.16. The number of para-hydroxylation sites is 1. The van der Waals surface area contributed by atoms with E-state index in [-0.39, 0.29) is 0 Å². The first-order valence-corrected chi connectivity index (χ1v) is 6.71. The molecule has 0 aliphatic heterocycles. The first kappa shape index (κ1) is 12.8. The Hall–Kier alpha value is -2.26. The van der Waals surface area contributed by atoms with Gasteiger partial charge in [0, 0.05) is 30.2 Å². The zero-order valence-electron chi connectivity index (χ0n) is 11.5. The molecule has 3 nitrogen and oxygen atoms in total. The van der Waals surface area contributed by atoms with E-state index in [0.717, 1.165) is 12.3 Å². The highest BCUT2D eigenvalue weighted by molar-refractivity contribution is 5.84.